The molecule has 1 amide bonds. The SMILES string of the molecule is CCCN(CC#N)CC(=O)NC1CCOCC1. The third-order valence-corrected chi connectivity index (χ3v) is 2.79. The van der Waals surface area contributed by atoms with Gasteiger partial charge in [0.2, 0.25) is 5.91 Å². The van der Waals surface area contributed by atoms with Gasteiger partial charge in [-0.2, -0.15) is 5.26 Å². The Morgan fingerprint density at radius 2 is 2.24 bits per heavy atom. The molecule has 0 radical (unpaired) electrons. The van der Waals surface area contributed by atoms with Crippen molar-refractivity contribution in [2.75, 3.05) is 32.8 Å². The highest BCUT2D eigenvalue weighted by atomic mass is 16.5. The molecular formula is C12H21N3O2. The predicted molar refractivity (Wildman–Crippen MR) is 64.3 cm³/mol. The minimum Gasteiger partial charge on any atom is -0.381 e. The first kappa shape index (κ1) is 13.9. The van der Waals surface area contributed by atoms with Crippen LogP contribution in [0.15, 0.2) is 0 Å². The van der Waals surface area contributed by atoms with E-state index in [4.69, 9.17) is 10.00 Å². The summed E-state index contributed by atoms with van der Waals surface area (Å²) in [4.78, 5) is 13.6. The van der Waals surface area contributed by atoms with E-state index in [1.165, 1.54) is 0 Å². The molecule has 0 bridgehead atoms. The summed E-state index contributed by atoms with van der Waals surface area (Å²) >= 11 is 0. The molecule has 0 saturated carbocycles. The average molecular weight is 239 g/mol. The Morgan fingerprint density at radius 1 is 1.53 bits per heavy atom. The molecule has 0 atom stereocenters. The zero-order valence-corrected chi connectivity index (χ0v) is 10.4. The van der Waals surface area contributed by atoms with Gasteiger partial charge in [-0.15, -0.1) is 0 Å². The fourth-order valence-corrected chi connectivity index (χ4v) is 1.95. The van der Waals surface area contributed by atoms with Crippen LogP contribution in [0.4, 0.5) is 0 Å². The fourth-order valence-electron chi connectivity index (χ4n) is 1.95. The van der Waals surface area contributed by atoms with Crippen LogP contribution < -0.4 is 5.32 Å². The van der Waals surface area contributed by atoms with E-state index in [0.29, 0.717) is 13.1 Å². The van der Waals surface area contributed by atoms with Gasteiger partial charge >= 0.3 is 0 Å². The minimum absolute atomic E-state index is 0.0144. The van der Waals surface area contributed by atoms with Gasteiger partial charge in [-0.3, -0.25) is 9.69 Å². The third kappa shape index (κ3) is 5.66. The van der Waals surface area contributed by atoms with Gasteiger partial charge in [-0.1, -0.05) is 6.92 Å². The van der Waals surface area contributed by atoms with Crippen LogP contribution in [-0.4, -0.2) is 49.7 Å². The lowest BCUT2D eigenvalue weighted by Crippen LogP contribution is -2.44. The lowest BCUT2D eigenvalue weighted by atomic mass is 10.1. The Kier molecular flexibility index (Phi) is 6.60. The van der Waals surface area contributed by atoms with E-state index in [2.05, 4.69) is 11.4 Å². The highest BCUT2D eigenvalue weighted by Crippen LogP contribution is 2.05. The first-order valence-corrected chi connectivity index (χ1v) is 6.22. The molecule has 96 valence electrons. The summed E-state index contributed by atoms with van der Waals surface area (Å²) in [5, 5.41) is 11.7. The molecule has 1 saturated heterocycles. The van der Waals surface area contributed by atoms with E-state index >= 15 is 0 Å². The van der Waals surface area contributed by atoms with Crippen LogP contribution in [0, 0.1) is 11.3 Å². The van der Waals surface area contributed by atoms with Crippen molar-refractivity contribution in [1.29, 1.82) is 5.26 Å². The van der Waals surface area contributed by atoms with Gasteiger partial charge < -0.3 is 10.1 Å². The summed E-state index contributed by atoms with van der Waals surface area (Å²) in [6.45, 7) is 4.91. The lowest BCUT2D eigenvalue weighted by molar-refractivity contribution is -0.123. The lowest BCUT2D eigenvalue weighted by Gasteiger charge is -2.25. The summed E-state index contributed by atoms with van der Waals surface area (Å²) in [7, 11) is 0. The second-order valence-electron chi connectivity index (χ2n) is 4.32. The quantitative estimate of drug-likeness (QED) is 0.686. The number of carbonyl (C=O) groups excluding carboxylic acids is 1. The molecule has 1 aliphatic heterocycles. The van der Waals surface area contributed by atoms with E-state index < -0.39 is 0 Å². The molecule has 5 heteroatoms. The van der Waals surface area contributed by atoms with Crippen LogP contribution in [0.3, 0.4) is 0 Å². The fraction of sp³-hybridized carbons (Fsp3) is 0.833. The van der Waals surface area contributed by atoms with E-state index in [1.54, 1.807) is 0 Å². The highest BCUT2D eigenvalue weighted by molar-refractivity contribution is 5.78. The monoisotopic (exact) mass is 239 g/mol. The second-order valence-corrected chi connectivity index (χ2v) is 4.32. The van der Waals surface area contributed by atoms with E-state index in [1.807, 2.05) is 11.8 Å². The Hall–Kier alpha value is -1.12. The summed E-state index contributed by atoms with van der Waals surface area (Å²) in [6, 6.07) is 2.33. The molecule has 1 N–H and O–H groups in total. The van der Waals surface area contributed by atoms with Crippen LogP contribution in [0.25, 0.3) is 0 Å². The van der Waals surface area contributed by atoms with Gasteiger partial charge in [0.05, 0.1) is 19.2 Å². The molecule has 0 aromatic heterocycles. The maximum absolute atomic E-state index is 11.8. The second kappa shape index (κ2) is 8.04. The summed E-state index contributed by atoms with van der Waals surface area (Å²) in [6.07, 6.45) is 2.72. The van der Waals surface area contributed by atoms with Crippen molar-refractivity contribution in [2.24, 2.45) is 0 Å². The van der Waals surface area contributed by atoms with Crippen LogP contribution in [0.2, 0.25) is 0 Å². The van der Waals surface area contributed by atoms with Gasteiger partial charge in [0.1, 0.15) is 0 Å². The van der Waals surface area contributed by atoms with Crippen molar-refractivity contribution in [3.8, 4) is 6.07 Å². The predicted octanol–water partition coefficient (Wildman–Crippen LogP) is 0.517. The molecule has 0 aromatic rings. The third-order valence-electron chi connectivity index (χ3n) is 2.79. The van der Waals surface area contributed by atoms with Crippen molar-refractivity contribution in [3.05, 3.63) is 0 Å². The van der Waals surface area contributed by atoms with Crippen LogP contribution in [-0.2, 0) is 9.53 Å². The molecule has 1 heterocycles. The summed E-state index contributed by atoms with van der Waals surface area (Å²) in [5.41, 5.74) is 0. The molecule has 17 heavy (non-hydrogen) atoms. The average Bonchev–Trinajstić information content (AvgIpc) is 2.30. The van der Waals surface area contributed by atoms with Gasteiger partial charge in [-0.25, -0.2) is 0 Å². The Balaban J connectivity index is 2.28. The summed E-state index contributed by atoms with van der Waals surface area (Å²) < 4.78 is 5.23. The van der Waals surface area contributed by atoms with Crippen molar-refractivity contribution in [1.82, 2.24) is 10.2 Å². The maximum Gasteiger partial charge on any atom is 0.234 e. The zero-order valence-electron chi connectivity index (χ0n) is 10.4. The van der Waals surface area contributed by atoms with Crippen molar-refractivity contribution in [2.45, 2.75) is 32.2 Å². The number of hydrogen-bond acceptors (Lipinski definition) is 4. The molecule has 0 spiro atoms. The largest absolute Gasteiger partial charge is 0.381 e. The Bertz CT molecular complexity index is 269. The number of rotatable bonds is 6. The first-order valence-electron chi connectivity index (χ1n) is 6.22. The van der Waals surface area contributed by atoms with Crippen LogP contribution >= 0.6 is 0 Å². The maximum atomic E-state index is 11.8. The van der Waals surface area contributed by atoms with Gasteiger partial charge in [0.15, 0.2) is 0 Å². The number of amides is 1. The summed E-state index contributed by atoms with van der Waals surface area (Å²) in [5.74, 6) is 0.0144. The molecular weight excluding hydrogens is 218 g/mol. The molecule has 0 unspecified atom stereocenters. The van der Waals surface area contributed by atoms with E-state index in [0.717, 1.165) is 39.0 Å². The first-order chi connectivity index (χ1) is 8.26. The molecule has 0 aromatic carbocycles. The number of nitrogens with one attached hydrogen (secondary N) is 1. The smallest absolute Gasteiger partial charge is 0.234 e. The molecule has 1 aliphatic rings. The number of hydrogen-bond donors (Lipinski definition) is 1. The molecule has 5 nitrogen and oxygen atoms in total. The van der Waals surface area contributed by atoms with E-state index in [9.17, 15) is 4.79 Å². The van der Waals surface area contributed by atoms with Gasteiger partial charge in [0, 0.05) is 19.3 Å². The minimum atomic E-state index is 0.0144. The van der Waals surface area contributed by atoms with Gasteiger partial charge in [-0.05, 0) is 25.8 Å². The Labute approximate surface area is 103 Å². The highest BCUT2D eigenvalue weighted by Gasteiger charge is 2.17. The molecule has 1 fully saturated rings. The topological polar surface area (TPSA) is 65.4 Å². The normalized spacial score (nSPS) is 16.8. The van der Waals surface area contributed by atoms with Crippen LogP contribution in [0.5, 0.6) is 0 Å². The van der Waals surface area contributed by atoms with Crippen molar-refractivity contribution >= 4 is 5.91 Å². The molecule has 0 aliphatic carbocycles. The Morgan fingerprint density at radius 3 is 2.82 bits per heavy atom. The van der Waals surface area contributed by atoms with Crippen molar-refractivity contribution < 1.29 is 9.53 Å². The standard InChI is InChI=1S/C12H21N3O2/c1-2-6-15(7-5-13)10-12(16)14-11-3-8-17-9-4-11/h11H,2-4,6-10H2,1H3,(H,14,16). The number of ether oxygens (including phenoxy) is 1. The number of carbonyl (C=O) groups is 1. The number of nitriles is 1. The van der Waals surface area contributed by atoms with Crippen molar-refractivity contribution in [3.63, 3.8) is 0 Å². The number of nitrogens with zero attached hydrogens (tertiary/aromatic N) is 2. The zero-order chi connectivity index (χ0) is 12.5. The van der Waals surface area contributed by atoms with E-state index in [-0.39, 0.29) is 11.9 Å². The molecule has 1 rings (SSSR count). The van der Waals surface area contributed by atoms with Crippen LogP contribution in [0.1, 0.15) is 26.2 Å². The van der Waals surface area contributed by atoms with Gasteiger partial charge in [0.25, 0.3) is 0 Å².